The lowest BCUT2D eigenvalue weighted by molar-refractivity contribution is -0.113. The maximum atomic E-state index is 12.6. The van der Waals surface area contributed by atoms with E-state index < -0.39 is 0 Å². The predicted molar refractivity (Wildman–Crippen MR) is 118 cm³/mol. The summed E-state index contributed by atoms with van der Waals surface area (Å²) in [4.78, 5) is 33.9. The number of methoxy groups -OCH3 is 1. The van der Waals surface area contributed by atoms with Crippen LogP contribution in [0.15, 0.2) is 35.8 Å². The zero-order chi connectivity index (χ0) is 21.1. The highest BCUT2D eigenvalue weighted by molar-refractivity contribution is 7.13. The van der Waals surface area contributed by atoms with Gasteiger partial charge in [0.15, 0.2) is 0 Å². The molecule has 1 aromatic carbocycles. The molecule has 0 radical (unpaired) electrons. The number of nitrogens with zero attached hydrogens (tertiary/aromatic N) is 2. The van der Waals surface area contributed by atoms with Crippen molar-refractivity contribution in [1.29, 1.82) is 0 Å². The normalized spacial score (nSPS) is 13.5. The molecule has 0 bridgehead atoms. The number of aromatic amines is 1. The molecule has 9 heteroatoms. The second-order valence-corrected chi connectivity index (χ2v) is 8.06. The second kappa shape index (κ2) is 8.89. The third kappa shape index (κ3) is 4.20. The van der Waals surface area contributed by atoms with E-state index in [1.807, 2.05) is 34.7 Å². The maximum absolute atomic E-state index is 12.6. The summed E-state index contributed by atoms with van der Waals surface area (Å²) in [6.07, 6.45) is 3.93. The first kappa shape index (κ1) is 20.4. The number of H-pyrrole nitrogens is 1. The summed E-state index contributed by atoms with van der Waals surface area (Å²) in [6, 6.07) is 7.32. The van der Waals surface area contributed by atoms with Gasteiger partial charge in [0.05, 0.1) is 18.5 Å². The monoisotopic (exact) mass is 444 g/mol. The van der Waals surface area contributed by atoms with Crippen LogP contribution in [-0.2, 0) is 4.79 Å². The van der Waals surface area contributed by atoms with Gasteiger partial charge in [-0.1, -0.05) is 0 Å². The van der Waals surface area contributed by atoms with E-state index in [2.05, 4.69) is 10.3 Å². The molecule has 2 amide bonds. The smallest absolute Gasteiger partial charge is 0.270 e. The third-order valence-corrected chi connectivity index (χ3v) is 6.08. The highest BCUT2D eigenvalue weighted by Gasteiger charge is 2.21. The maximum Gasteiger partial charge on any atom is 0.270 e. The molecule has 30 heavy (non-hydrogen) atoms. The van der Waals surface area contributed by atoms with Crippen LogP contribution in [0.5, 0.6) is 5.75 Å². The van der Waals surface area contributed by atoms with Gasteiger partial charge in [-0.05, 0) is 37.1 Å². The molecule has 1 aliphatic heterocycles. The summed E-state index contributed by atoms with van der Waals surface area (Å²) in [7, 11) is 1.54. The van der Waals surface area contributed by atoms with Crippen LogP contribution in [0, 0.1) is 0 Å². The fraction of sp³-hybridized carbons (Fsp3) is 0.286. The lowest BCUT2D eigenvalue weighted by Gasteiger charge is -2.13. The molecule has 0 aliphatic carbocycles. The molecule has 0 spiro atoms. The van der Waals surface area contributed by atoms with Crippen LogP contribution in [0.1, 0.15) is 23.3 Å². The molecular weight excluding hydrogens is 424 g/mol. The summed E-state index contributed by atoms with van der Waals surface area (Å²) >= 11 is 7.09. The fourth-order valence-corrected chi connectivity index (χ4v) is 4.31. The van der Waals surface area contributed by atoms with Crippen molar-refractivity contribution in [2.45, 2.75) is 12.8 Å². The van der Waals surface area contributed by atoms with Crippen molar-refractivity contribution in [2.24, 2.45) is 0 Å². The summed E-state index contributed by atoms with van der Waals surface area (Å²) in [5.41, 5.74) is 3.62. The summed E-state index contributed by atoms with van der Waals surface area (Å²) in [5.74, 6) is 0.129. The number of hydrogen-bond donors (Lipinski definition) is 2. The topological polar surface area (TPSA) is 87.3 Å². The number of amides is 2. The predicted octanol–water partition coefficient (Wildman–Crippen LogP) is 4.23. The van der Waals surface area contributed by atoms with Crippen molar-refractivity contribution in [3.63, 3.8) is 0 Å². The van der Waals surface area contributed by atoms with E-state index in [9.17, 15) is 9.59 Å². The number of anilines is 1. The number of ether oxygens (including phenoxy) is 1. The van der Waals surface area contributed by atoms with Gasteiger partial charge >= 0.3 is 0 Å². The lowest BCUT2D eigenvalue weighted by Crippen LogP contribution is -2.27. The number of thiazole rings is 1. The number of rotatable bonds is 6. The lowest BCUT2D eigenvalue weighted by atomic mass is 10.2. The van der Waals surface area contributed by atoms with Gasteiger partial charge in [0.25, 0.3) is 5.91 Å². The largest absolute Gasteiger partial charge is 0.495 e. The molecule has 4 rings (SSSR count). The van der Waals surface area contributed by atoms with Gasteiger partial charge < -0.3 is 19.9 Å². The van der Waals surface area contributed by atoms with Crippen LogP contribution < -0.4 is 10.1 Å². The van der Waals surface area contributed by atoms with Gasteiger partial charge in [-0.3, -0.25) is 9.59 Å². The number of carbonyl (C=O) groups is 2. The van der Waals surface area contributed by atoms with E-state index >= 15 is 0 Å². The number of aromatic nitrogens is 2. The molecule has 0 atom stereocenters. The van der Waals surface area contributed by atoms with E-state index in [0.29, 0.717) is 17.1 Å². The molecule has 1 saturated heterocycles. The van der Waals surface area contributed by atoms with Crippen LogP contribution in [0.2, 0.25) is 0 Å². The zero-order valence-electron chi connectivity index (χ0n) is 16.4. The van der Waals surface area contributed by atoms with E-state index in [4.69, 9.17) is 21.3 Å². The SMILES string of the molecule is COc1ccc(-c2nc(-c3c[nH]c(C(=O)N4CCCC4)c3)cs2)cc1NC(=O)CCl. The van der Waals surface area contributed by atoms with Gasteiger partial charge in [0.1, 0.15) is 22.3 Å². The minimum atomic E-state index is -0.311. The van der Waals surface area contributed by atoms with E-state index in [-0.39, 0.29) is 17.7 Å². The van der Waals surface area contributed by atoms with Crippen molar-refractivity contribution in [3.05, 3.63) is 41.5 Å². The minimum absolute atomic E-state index is 0.0315. The standard InChI is InChI=1S/C21H21ClN4O3S/c1-29-18-5-4-13(8-15(18)24-19(27)10-22)20-25-17(12-30-20)14-9-16(23-11-14)21(28)26-6-2-3-7-26/h4-5,8-9,11-12,23H,2-3,6-7,10H2,1H3,(H,24,27). The molecule has 2 N–H and O–H groups in total. The molecular formula is C21H21ClN4O3S. The molecule has 2 aromatic heterocycles. The van der Waals surface area contributed by atoms with Crippen molar-refractivity contribution in [1.82, 2.24) is 14.9 Å². The van der Waals surface area contributed by atoms with E-state index in [1.54, 1.807) is 13.2 Å². The number of alkyl halides is 1. The Morgan fingerprint density at radius 2 is 2.07 bits per heavy atom. The van der Waals surface area contributed by atoms with Crippen LogP contribution in [0.3, 0.4) is 0 Å². The van der Waals surface area contributed by atoms with E-state index in [0.717, 1.165) is 47.8 Å². The van der Waals surface area contributed by atoms with Crippen LogP contribution in [-0.4, -0.2) is 52.8 Å². The second-order valence-electron chi connectivity index (χ2n) is 6.94. The average Bonchev–Trinajstić information content (AvgIpc) is 3.54. The number of carbonyl (C=O) groups excluding carboxylic acids is 2. The molecule has 0 saturated carbocycles. The quantitative estimate of drug-likeness (QED) is 0.557. The molecule has 1 fully saturated rings. The molecule has 1 aliphatic rings. The van der Waals surface area contributed by atoms with Crippen molar-refractivity contribution < 1.29 is 14.3 Å². The highest BCUT2D eigenvalue weighted by Crippen LogP contribution is 2.34. The highest BCUT2D eigenvalue weighted by atomic mass is 35.5. The van der Waals surface area contributed by atoms with Crippen molar-refractivity contribution in [2.75, 3.05) is 31.4 Å². The van der Waals surface area contributed by atoms with Gasteiger partial charge in [-0.2, -0.15) is 0 Å². The third-order valence-electron chi connectivity index (χ3n) is 4.95. The fourth-order valence-electron chi connectivity index (χ4n) is 3.42. The minimum Gasteiger partial charge on any atom is -0.495 e. The Balaban J connectivity index is 1.56. The molecule has 0 unspecified atom stereocenters. The molecule has 3 heterocycles. The Morgan fingerprint density at radius 3 is 2.80 bits per heavy atom. The average molecular weight is 445 g/mol. The van der Waals surface area contributed by atoms with Crippen LogP contribution in [0.25, 0.3) is 21.8 Å². The molecule has 156 valence electrons. The van der Waals surface area contributed by atoms with Gasteiger partial charge in [0, 0.05) is 35.8 Å². The summed E-state index contributed by atoms with van der Waals surface area (Å²) in [5, 5.41) is 5.48. The zero-order valence-corrected chi connectivity index (χ0v) is 18.0. The Bertz CT molecular complexity index is 1070. The number of halogens is 1. The van der Waals surface area contributed by atoms with E-state index in [1.165, 1.54) is 11.3 Å². The number of hydrogen-bond acceptors (Lipinski definition) is 5. The first-order valence-corrected chi connectivity index (χ1v) is 11.0. The Hall–Kier alpha value is -2.84. The van der Waals surface area contributed by atoms with Gasteiger partial charge in [-0.15, -0.1) is 22.9 Å². The van der Waals surface area contributed by atoms with Crippen molar-refractivity contribution in [3.8, 4) is 27.6 Å². The molecule has 7 nitrogen and oxygen atoms in total. The first-order chi connectivity index (χ1) is 14.6. The molecule has 3 aromatic rings. The Kier molecular flexibility index (Phi) is 6.06. The van der Waals surface area contributed by atoms with Gasteiger partial charge in [-0.25, -0.2) is 4.98 Å². The number of benzene rings is 1. The van der Waals surface area contributed by atoms with Gasteiger partial charge in [0.2, 0.25) is 5.91 Å². The Morgan fingerprint density at radius 1 is 1.27 bits per heavy atom. The Labute approximate surface area is 183 Å². The number of likely N-dealkylation sites (tertiary alicyclic amines) is 1. The number of nitrogens with one attached hydrogen (secondary N) is 2. The van der Waals surface area contributed by atoms with Crippen LogP contribution >= 0.6 is 22.9 Å². The van der Waals surface area contributed by atoms with Crippen LogP contribution in [0.4, 0.5) is 5.69 Å². The summed E-state index contributed by atoms with van der Waals surface area (Å²) in [6.45, 7) is 1.63. The van der Waals surface area contributed by atoms with Crippen molar-refractivity contribution >= 4 is 40.4 Å². The first-order valence-electron chi connectivity index (χ1n) is 9.57. The summed E-state index contributed by atoms with van der Waals surface area (Å²) < 4.78 is 5.31.